The normalized spacial score (nSPS) is 33.5. The molecule has 1 aromatic carbocycles. The molecule has 3 heterocycles. The minimum absolute atomic E-state index is 0.0142. The van der Waals surface area contributed by atoms with Gasteiger partial charge in [-0.25, -0.2) is 0 Å². The molecule has 0 aliphatic carbocycles. The fourth-order valence-corrected chi connectivity index (χ4v) is 8.12. The van der Waals surface area contributed by atoms with Gasteiger partial charge in [0.05, 0.1) is 23.2 Å². The van der Waals surface area contributed by atoms with Crippen LogP contribution in [0.15, 0.2) is 36.9 Å². The summed E-state index contributed by atoms with van der Waals surface area (Å²) in [5.41, 5.74) is 0.615. The molecular weight excluding hydrogens is 440 g/mol. The summed E-state index contributed by atoms with van der Waals surface area (Å²) in [5.74, 6) is -3.31. The number of carboxylic acid groups (broad SMARTS) is 1. The van der Waals surface area contributed by atoms with E-state index in [-0.39, 0.29) is 31.5 Å². The highest BCUT2D eigenvalue weighted by Gasteiger charge is 2.77. The summed E-state index contributed by atoms with van der Waals surface area (Å²) in [5, 5.41) is 20.1. The highest BCUT2D eigenvalue weighted by atomic mass is 35.5. The predicted octanol–water partition coefficient (Wildman–Crippen LogP) is 2.42. The average molecular weight is 465 g/mol. The van der Waals surface area contributed by atoms with Crippen LogP contribution >= 0.6 is 23.4 Å². The molecule has 2 amide bonds. The Hall–Kier alpha value is -2.03. The lowest BCUT2D eigenvalue weighted by atomic mass is 9.66. The van der Waals surface area contributed by atoms with E-state index in [1.807, 2.05) is 6.92 Å². The molecule has 3 aliphatic rings. The number of carbonyl (C=O) groups is 3. The van der Waals surface area contributed by atoms with Gasteiger partial charge >= 0.3 is 5.97 Å². The standard InChI is InChI=1S/C22H25ClN2O5S/c1-3-10-24(14-6-4-13(23)5-7-14)19(28)17-22-9-8-21(2,31-22)16(20(29)30)15(22)18(27)25(17)11-12-26/h3-7,15-17,26H,1,8-12H2,2H3,(H,29,30)/t15-,16-,17?,21+,22?/m0/s1. The lowest BCUT2D eigenvalue weighted by Gasteiger charge is -2.37. The molecule has 2 N–H and O–H groups in total. The van der Waals surface area contributed by atoms with Gasteiger partial charge in [0.15, 0.2) is 0 Å². The van der Waals surface area contributed by atoms with Gasteiger partial charge in [-0.15, -0.1) is 18.3 Å². The fourth-order valence-electron chi connectivity index (χ4n) is 5.65. The van der Waals surface area contributed by atoms with Crippen LogP contribution in [0.5, 0.6) is 0 Å². The van der Waals surface area contributed by atoms with E-state index in [2.05, 4.69) is 6.58 Å². The Morgan fingerprint density at radius 3 is 2.61 bits per heavy atom. The van der Waals surface area contributed by atoms with Gasteiger partial charge in [0, 0.05) is 28.5 Å². The van der Waals surface area contributed by atoms with Crippen LogP contribution < -0.4 is 4.90 Å². The van der Waals surface area contributed by atoms with Gasteiger partial charge in [0.2, 0.25) is 5.91 Å². The van der Waals surface area contributed by atoms with Gasteiger partial charge in [-0.3, -0.25) is 14.4 Å². The lowest BCUT2D eigenvalue weighted by Crippen LogP contribution is -2.55. The zero-order valence-electron chi connectivity index (χ0n) is 17.2. The van der Waals surface area contributed by atoms with E-state index < -0.39 is 33.3 Å². The monoisotopic (exact) mass is 464 g/mol. The second-order valence-corrected chi connectivity index (χ2v) is 10.9. The van der Waals surface area contributed by atoms with Crippen LogP contribution in [0.3, 0.4) is 0 Å². The third-order valence-corrected chi connectivity index (χ3v) is 9.07. The molecule has 0 aromatic heterocycles. The highest BCUT2D eigenvalue weighted by molar-refractivity contribution is 8.02. The summed E-state index contributed by atoms with van der Waals surface area (Å²) in [6.45, 7) is 5.55. The van der Waals surface area contributed by atoms with E-state index in [0.717, 1.165) is 0 Å². The van der Waals surface area contributed by atoms with Crippen molar-refractivity contribution < 1.29 is 24.6 Å². The zero-order valence-corrected chi connectivity index (χ0v) is 18.7. The minimum Gasteiger partial charge on any atom is -0.481 e. The molecule has 1 spiro atoms. The number of carbonyl (C=O) groups excluding carboxylic acids is 2. The molecule has 3 aliphatic heterocycles. The van der Waals surface area contributed by atoms with E-state index in [0.29, 0.717) is 23.6 Å². The van der Waals surface area contributed by atoms with Gasteiger partial charge in [-0.1, -0.05) is 17.7 Å². The summed E-state index contributed by atoms with van der Waals surface area (Å²) in [4.78, 5) is 42.5. The Labute approximate surface area is 190 Å². The Kier molecular flexibility index (Phi) is 5.60. The number of fused-ring (bicyclic) bond motifs is 1. The molecule has 0 radical (unpaired) electrons. The number of hydrogen-bond acceptors (Lipinski definition) is 5. The third kappa shape index (κ3) is 3.18. The number of hydrogen-bond donors (Lipinski definition) is 2. The number of β-amino-alcohol motifs (C(OH)–C–C–N with tert-alkyl or cyclic N) is 1. The summed E-state index contributed by atoms with van der Waals surface area (Å²) < 4.78 is -1.42. The van der Waals surface area contributed by atoms with Crippen molar-refractivity contribution in [2.45, 2.75) is 35.3 Å². The molecule has 9 heteroatoms. The number of anilines is 1. The van der Waals surface area contributed by atoms with E-state index in [1.165, 1.54) is 16.7 Å². The SMILES string of the molecule is C=CCN(C(=O)C1N(CCO)C(=O)[C@@H]2[C@@H](C(=O)O)[C@@]3(C)CCC12S3)c1ccc(Cl)cc1. The number of aliphatic hydroxyl groups excluding tert-OH is 1. The van der Waals surface area contributed by atoms with Crippen LogP contribution in [0.2, 0.25) is 5.02 Å². The molecule has 7 nitrogen and oxygen atoms in total. The molecule has 0 saturated carbocycles. The van der Waals surface area contributed by atoms with Gasteiger partial charge in [-0.05, 0) is 44.0 Å². The van der Waals surface area contributed by atoms with Gasteiger partial charge < -0.3 is 20.0 Å². The number of benzene rings is 1. The lowest BCUT2D eigenvalue weighted by molar-refractivity contribution is -0.150. The number of amides is 2. The number of rotatable bonds is 7. The van der Waals surface area contributed by atoms with E-state index in [9.17, 15) is 24.6 Å². The van der Waals surface area contributed by atoms with Crippen molar-refractivity contribution in [2.24, 2.45) is 11.8 Å². The molecule has 166 valence electrons. The zero-order chi connectivity index (χ0) is 22.6. The van der Waals surface area contributed by atoms with Gasteiger partial charge in [0.1, 0.15) is 6.04 Å². The summed E-state index contributed by atoms with van der Waals surface area (Å²) in [6.07, 6.45) is 2.81. The topological polar surface area (TPSA) is 98.2 Å². The van der Waals surface area contributed by atoms with Crippen molar-refractivity contribution in [1.82, 2.24) is 4.90 Å². The number of aliphatic carboxylic acids is 1. The van der Waals surface area contributed by atoms with Gasteiger partial charge in [-0.2, -0.15) is 0 Å². The number of aliphatic hydroxyl groups is 1. The maximum Gasteiger partial charge on any atom is 0.308 e. The highest BCUT2D eigenvalue weighted by Crippen LogP contribution is 2.71. The first-order valence-electron chi connectivity index (χ1n) is 10.2. The molecule has 3 fully saturated rings. The number of likely N-dealkylation sites (tertiary alicyclic amines) is 1. The average Bonchev–Trinajstić information content (AvgIpc) is 3.28. The van der Waals surface area contributed by atoms with Crippen LogP contribution in [0.1, 0.15) is 19.8 Å². The Bertz CT molecular complexity index is 940. The number of nitrogens with zero attached hydrogens (tertiary/aromatic N) is 2. The predicted molar refractivity (Wildman–Crippen MR) is 119 cm³/mol. The number of carboxylic acids is 1. The number of thioether (sulfide) groups is 1. The Balaban J connectivity index is 1.80. The van der Waals surface area contributed by atoms with Crippen molar-refractivity contribution in [3.63, 3.8) is 0 Å². The first-order valence-corrected chi connectivity index (χ1v) is 11.4. The molecule has 5 atom stereocenters. The van der Waals surface area contributed by atoms with Crippen molar-refractivity contribution in [2.75, 3.05) is 24.6 Å². The molecule has 31 heavy (non-hydrogen) atoms. The van der Waals surface area contributed by atoms with Crippen molar-refractivity contribution >= 4 is 46.8 Å². The van der Waals surface area contributed by atoms with E-state index >= 15 is 0 Å². The Morgan fingerprint density at radius 2 is 2.03 bits per heavy atom. The summed E-state index contributed by atoms with van der Waals surface area (Å²) in [7, 11) is 0. The first kappa shape index (κ1) is 22.2. The van der Waals surface area contributed by atoms with Crippen LogP contribution in [0.4, 0.5) is 5.69 Å². The van der Waals surface area contributed by atoms with Crippen LogP contribution in [-0.4, -0.2) is 68.1 Å². The molecule has 1 aromatic rings. The Morgan fingerprint density at radius 1 is 1.35 bits per heavy atom. The summed E-state index contributed by atoms with van der Waals surface area (Å²) >= 11 is 7.48. The maximum atomic E-state index is 14.0. The first-order chi connectivity index (χ1) is 14.7. The number of halogens is 1. The van der Waals surface area contributed by atoms with Crippen LogP contribution in [-0.2, 0) is 14.4 Å². The molecule has 4 rings (SSSR count). The smallest absolute Gasteiger partial charge is 0.308 e. The molecular formula is C22H25ClN2O5S. The van der Waals surface area contributed by atoms with E-state index in [4.69, 9.17) is 11.6 Å². The molecule has 2 unspecified atom stereocenters. The van der Waals surface area contributed by atoms with Crippen molar-refractivity contribution in [3.05, 3.63) is 41.9 Å². The van der Waals surface area contributed by atoms with Crippen molar-refractivity contribution in [3.8, 4) is 0 Å². The molecule has 3 saturated heterocycles. The second kappa shape index (κ2) is 7.83. The second-order valence-electron chi connectivity index (χ2n) is 8.53. The summed E-state index contributed by atoms with van der Waals surface area (Å²) in [6, 6.07) is 5.97. The van der Waals surface area contributed by atoms with Crippen LogP contribution in [0, 0.1) is 11.8 Å². The minimum atomic E-state index is -1.01. The largest absolute Gasteiger partial charge is 0.481 e. The third-order valence-electron chi connectivity index (χ3n) is 6.83. The van der Waals surface area contributed by atoms with Gasteiger partial charge in [0.25, 0.3) is 5.91 Å². The quantitative estimate of drug-likeness (QED) is 0.601. The molecule has 2 bridgehead atoms. The van der Waals surface area contributed by atoms with Crippen LogP contribution in [0.25, 0.3) is 0 Å². The fraction of sp³-hybridized carbons (Fsp3) is 0.500. The maximum absolute atomic E-state index is 14.0. The van der Waals surface area contributed by atoms with E-state index in [1.54, 1.807) is 35.2 Å². The van der Waals surface area contributed by atoms with Crippen molar-refractivity contribution in [1.29, 1.82) is 0 Å².